The van der Waals surface area contributed by atoms with E-state index in [0.717, 1.165) is 29.7 Å². The number of rotatable bonds is 6. The van der Waals surface area contributed by atoms with Crippen LogP contribution in [0.1, 0.15) is 24.8 Å². The summed E-state index contributed by atoms with van der Waals surface area (Å²) in [6.45, 7) is 0.507. The first-order valence-electron chi connectivity index (χ1n) is 6.54. The lowest BCUT2D eigenvalue weighted by Crippen LogP contribution is -2.22. The quantitative estimate of drug-likeness (QED) is 0.818. The van der Waals surface area contributed by atoms with Crippen LogP contribution in [0.15, 0.2) is 53.8 Å². The summed E-state index contributed by atoms with van der Waals surface area (Å²) in [5, 5.41) is 0. The first kappa shape index (κ1) is 14.5. The van der Waals surface area contributed by atoms with Crippen LogP contribution in [0, 0.1) is 0 Å². The minimum Gasteiger partial charge on any atom is -0.489 e. The molecule has 0 saturated carbocycles. The Kier molecular flexibility index (Phi) is 5.07. The van der Waals surface area contributed by atoms with Crippen molar-refractivity contribution in [3.05, 3.63) is 59.4 Å². The Morgan fingerprint density at radius 2 is 2.05 bits per heavy atom. The highest BCUT2D eigenvalue weighted by Crippen LogP contribution is 2.24. The molecule has 0 atom stereocenters. The molecule has 0 fully saturated rings. The van der Waals surface area contributed by atoms with Crippen molar-refractivity contribution in [3.63, 3.8) is 0 Å². The van der Waals surface area contributed by atoms with Crippen molar-refractivity contribution >= 4 is 23.0 Å². The molecule has 0 aromatic heterocycles. The smallest absolute Gasteiger partial charge is 0.255 e. The van der Waals surface area contributed by atoms with Gasteiger partial charge in [-0.25, -0.2) is 0 Å². The highest BCUT2D eigenvalue weighted by molar-refractivity contribution is 7.82. The van der Waals surface area contributed by atoms with Gasteiger partial charge in [-0.15, -0.1) is 0 Å². The zero-order valence-corrected chi connectivity index (χ0v) is 12.0. The molecule has 2 N–H and O–H groups in total. The van der Waals surface area contributed by atoms with Gasteiger partial charge in [0.05, 0.1) is 4.86 Å². The summed E-state index contributed by atoms with van der Waals surface area (Å²) < 4.78 is 5.84. The molecule has 0 heterocycles. The number of thiocarbonyl (C=S) groups is 1. The van der Waals surface area contributed by atoms with E-state index in [9.17, 15) is 4.79 Å². The number of carbonyl (C=O) groups is 1. The Hall–Kier alpha value is -1.94. The molecule has 0 spiro atoms. The number of allylic oxidation sites excluding steroid dienone is 3. The Labute approximate surface area is 124 Å². The van der Waals surface area contributed by atoms with Gasteiger partial charge in [0.25, 0.3) is 5.91 Å². The summed E-state index contributed by atoms with van der Waals surface area (Å²) >= 11 is 5.00. The van der Waals surface area contributed by atoms with E-state index in [4.69, 9.17) is 22.7 Å². The number of primary amides is 1. The van der Waals surface area contributed by atoms with Gasteiger partial charge in [-0.2, -0.15) is 0 Å². The number of hydrogen-bond donors (Lipinski definition) is 1. The number of benzene rings is 1. The number of nitrogens with two attached hydrogens (primary N) is 1. The standard InChI is InChI=1S/C16H17NO2S/c17-16(18)15(20)10-13-8-4-5-9-14(13)19-11-12-6-2-1-3-7-12/h1-3,5-7,9H,4,8,10-11H2,(H2,17,18). The molecule has 1 amide bonds. The van der Waals surface area contributed by atoms with E-state index >= 15 is 0 Å². The largest absolute Gasteiger partial charge is 0.489 e. The number of hydrogen-bond acceptors (Lipinski definition) is 3. The lowest BCUT2D eigenvalue weighted by atomic mass is 9.98. The van der Waals surface area contributed by atoms with Gasteiger partial charge in [-0.1, -0.05) is 48.6 Å². The molecule has 1 aliphatic carbocycles. The Bertz CT molecular complexity index is 561. The normalized spacial score (nSPS) is 14.2. The number of ether oxygens (including phenoxy) is 1. The highest BCUT2D eigenvalue weighted by Gasteiger charge is 2.14. The molecular formula is C16H17NO2S. The summed E-state index contributed by atoms with van der Waals surface area (Å²) in [5.41, 5.74) is 7.36. The summed E-state index contributed by atoms with van der Waals surface area (Å²) in [6, 6.07) is 9.96. The summed E-state index contributed by atoms with van der Waals surface area (Å²) in [5.74, 6) is 0.285. The van der Waals surface area contributed by atoms with Crippen LogP contribution in [0.4, 0.5) is 0 Å². The van der Waals surface area contributed by atoms with E-state index in [1.54, 1.807) is 0 Å². The van der Waals surface area contributed by atoms with Gasteiger partial charge in [-0.05, 0) is 30.1 Å². The van der Waals surface area contributed by atoms with Gasteiger partial charge in [0.2, 0.25) is 0 Å². The van der Waals surface area contributed by atoms with Crippen molar-refractivity contribution in [2.45, 2.75) is 25.9 Å². The van der Waals surface area contributed by atoms with E-state index in [-0.39, 0.29) is 4.86 Å². The zero-order valence-electron chi connectivity index (χ0n) is 11.2. The van der Waals surface area contributed by atoms with Gasteiger partial charge in [-0.3, -0.25) is 4.79 Å². The highest BCUT2D eigenvalue weighted by atomic mass is 32.1. The monoisotopic (exact) mass is 287 g/mol. The van der Waals surface area contributed by atoms with Crippen LogP contribution in [0.2, 0.25) is 0 Å². The second kappa shape index (κ2) is 7.01. The Balaban J connectivity index is 2.05. The van der Waals surface area contributed by atoms with Gasteiger partial charge in [0.15, 0.2) is 0 Å². The first-order chi connectivity index (χ1) is 9.66. The molecule has 4 heteroatoms. The lowest BCUT2D eigenvalue weighted by molar-refractivity contribution is -0.111. The van der Waals surface area contributed by atoms with E-state index in [0.29, 0.717) is 13.0 Å². The molecule has 0 unspecified atom stereocenters. The third-order valence-corrected chi connectivity index (χ3v) is 3.46. The minimum absolute atomic E-state index is 0.260. The van der Waals surface area contributed by atoms with Crippen molar-refractivity contribution in [2.24, 2.45) is 5.73 Å². The molecule has 0 aliphatic heterocycles. The summed E-state index contributed by atoms with van der Waals surface area (Å²) in [4.78, 5) is 11.3. The summed E-state index contributed by atoms with van der Waals surface area (Å²) in [7, 11) is 0. The van der Waals surface area contributed by atoms with Crippen LogP contribution in [-0.2, 0) is 16.1 Å². The lowest BCUT2D eigenvalue weighted by Gasteiger charge is -2.17. The van der Waals surface area contributed by atoms with Crippen molar-refractivity contribution in [2.75, 3.05) is 0 Å². The van der Waals surface area contributed by atoms with E-state index in [2.05, 4.69) is 6.08 Å². The van der Waals surface area contributed by atoms with E-state index < -0.39 is 5.91 Å². The summed E-state index contributed by atoms with van der Waals surface area (Å²) in [6.07, 6.45) is 6.23. The van der Waals surface area contributed by atoms with Gasteiger partial charge in [0, 0.05) is 6.42 Å². The third kappa shape index (κ3) is 4.03. The SMILES string of the molecule is NC(=O)C(=S)CC1=C(OCc2ccccc2)C=CCC1. The van der Waals surface area contributed by atoms with Crippen molar-refractivity contribution < 1.29 is 9.53 Å². The Morgan fingerprint density at radius 1 is 1.30 bits per heavy atom. The fourth-order valence-electron chi connectivity index (χ4n) is 2.03. The molecule has 1 aromatic carbocycles. The predicted octanol–water partition coefficient (Wildman–Crippen LogP) is 3.05. The van der Waals surface area contributed by atoms with Crippen molar-refractivity contribution in [1.82, 2.24) is 0 Å². The van der Waals surface area contributed by atoms with Gasteiger partial charge in [0.1, 0.15) is 12.4 Å². The third-order valence-electron chi connectivity index (χ3n) is 3.12. The van der Waals surface area contributed by atoms with Crippen LogP contribution in [-0.4, -0.2) is 10.8 Å². The van der Waals surface area contributed by atoms with Crippen molar-refractivity contribution in [3.8, 4) is 0 Å². The maximum atomic E-state index is 11.1. The second-order valence-corrected chi connectivity index (χ2v) is 5.14. The molecule has 2 rings (SSSR count). The topological polar surface area (TPSA) is 52.3 Å². The van der Waals surface area contributed by atoms with Crippen LogP contribution < -0.4 is 5.73 Å². The maximum Gasteiger partial charge on any atom is 0.255 e. The van der Waals surface area contributed by atoms with Crippen molar-refractivity contribution in [1.29, 1.82) is 0 Å². The van der Waals surface area contributed by atoms with Crippen LogP contribution in [0.5, 0.6) is 0 Å². The maximum absolute atomic E-state index is 11.1. The van der Waals surface area contributed by atoms with E-state index in [1.807, 2.05) is 36.4 Å². The van der Waals surface area contributed by atoms with Gasteiger partial charge < -0.3 is 10.5 Å². The molecule has 1 aromatic rings. The molecule has 3 nitrogen and oxygen atoms in total. The fourth-order valence-corrected chi connectivity index (χ4v) is 2.21. The average molecular weight is 287 g/mol. The fraction of sp³-hybridized carbons (Fsp3) is 0.250. The molecular weight excluding hydrogens is 270 g/mol. The van der Waals surface area contributed by atoms with Gasteiger partial charge >= 0.3 is 0 Å². The van der Waals surface area contributed by atoms with E-state index in [1.165, 1.54) is 0 Å². The minimum atomic E-state index is -0.524. The average Bonchev–Trinajstić information content (AvgIpc) is 2.47. The zero-order chi connectivity index (χ0) is 14.4. The first-order valence-corrected chi connectivity index (χ1v) is 6.95. The molecule has 0 bridgehead atoms. The molecule has 104 valence electrons. The van der Waals surface area contributed by atoms with Crippen LogP contribution >= 0.6 is 12.2 Å². The second-order valence-electron chi connectivity index (χ2n) is 4.65. The molecule has 1 aliphatic rings. The predicted molar refractivity (Wildman–Crippen MR) is 83.0 cm³/mol. The Morgan fingerprint density at radius 3 is 2.75 bits per heavy atom. The molecule has 20 heavy (non-hydrogen) atoms. The number of amides is 1. The van der Waals surface area contributed by atoms with Crippen LogP contribution in [0.3, 0.4) is 0 Å². The molecule has 0 radical (unpaired) electrons. The molecule has 0 saturated heterocycles. The van der Waals surface area contributed by atoms with Crippen LogP contribution in [0.25, 0.3) is 0 Å². The number of carbonyl (C=O) groups excluding carboxylic acids is 1.